The topological polar surface area (TPSA) is 55.1 Å². The third-order valence-corrected chi connectivity index (χ3v) is 6.05. The Hall–Kier alpha value is -1.51. The van der Waals surface area contributed by atoms with Crippen LogP contribution in [-0.2, 0) is 0 Å². The van der Waals surface area contributed by atoms with E-state index in [1.165, 1.54) is 19.3 Å². The number of nitrogen functional groups attached to an aromatic ring is 1. The average Bonchev–Trinajstić information content (AvgIpc) is 2.88. The van der Waals surface area contributed by atoms with Crippen molar-refractivity contribution in [1.29, 1.82) is 0 Å². The zero-order valence-electron chi connectivity index (χ0n) is 13.5. The van der Waals surface area contributed by atoms with Crippen LogP contribution in [0.3, 0.4) is 0 Å². The van der Waals surface area contributed by atoms with Gasteiger partial charge in [0.1, 0.15) is 0 Å². The minimum Gasteiger partial charge on any atom is -0.399 e. The van der Waals surface area contributed by atoms with Crippen LogP contribution in [-0.4, -0.2) is 11.9 Å². The number of carbonyl (C=O) groups excluding carboxylic acids is 1. The Morgan fingerprint density at radius 3 is 2.67 bits per heavy atom. The molecule has 2 aliphatic carbocycles. The fourth-order valence-corrected chi connectivity index (χ4v) is 4.76. The van der Waals surface area contributed by atoms with Crippen molar-refractivity contribution in [1.82, 2.24) is 5.32 Å². The summed E-state index contributed by atoms with van der Waals surface area (Å²) in [5, 5.41) is 3.33. The molecule has 0 aromatic heterocycles. The lowest BCUT2D eigenvalue weighted by Crippen LogP contribution is -2.52. The van der Waals surface area contributed by atoms with E-state index in [0.717, 1.165) is 11.5 Å². The molecule has 1 amide bonds. The van der Waals surface area contributed by atoms with Gasteiger partial charge in [0.2, 0.25) is 0 Å². The first kappa shape index (κ1) is 14.4. The molecule has 3 N–H and O–H groups in total. The van der Waals surface area contributed by atoms with Gasteiger partial charge in [-0.05, 0) is 60.6 Å². The summed E-state index contributed by atoms with van der Waals surface area (Å²) in [5.74, 6) is 0.751. The molecule has 1 aromatic rings. The number of hydrogen-bond donors (Lipinski definition) is 2. The monoisotopic (exact) mass is 286 g/mol. The first-order valence-electron chi connectivity index (χ1n) is 7.91. The van der Waals surface area contributed by atoms with Crippen LogP contribution in [0.15, 0.2) is 18.2 Å². The number of anilines is 1. The van der Waals surface area contributed by atoms with Gasteiger partial charge in [-0.15, -0.1) is 0 Å². The maximum Gasteiger partial charge on any atom is 0.251 e. The average molecular weight is 286 g/mol. The van der Waals surface area contributed by atoms with Gasteiger partial charge in [0, 0.05) is 17.3 Å². The summed E-state index contributed by atoms with van der Waals surface area (Å²) in [4.78, 5) is 12.7. The second kappa shape index (κ2) is 4.49. The molecular formula is C18H26N2O. The predicted molar refractivity (Wildman–Crippen MR) is 86.1 cm³/mol. The lowest BCUT2D eigenvalue weighted by Gasteiger charge is -2.43. The molecule has 0 aliphatic heterocycles. The maximum absolute atomic E-state index is 12.7. The summed E-state index contributed by atoms with van der Waals surface area (Å²) in [5.41, 5.74) is 8.59. The van der Waals surface area contributed by atoms with Crippen molar-refractivity contribution >= 4 is 11.6 Å². The second-order valence-electron chi connectivity index (χ2n) is 7.90. The van der Waals surface area contributed by atoms with E-state index < -0.39 is 0 Å². The van der Waals surface area contributed by atoms with Crippen LogP contribution in [0.25, 0.3) is 0 Å². The Bertz CT molecular complexity index is 588. The lowest BCUT2D eigenvalue weighted by atomic mass is 9.68. The van der Waals surface area contributed by atoms with Gasteiger partial charge in [-0.1, -0.05) is 26.8 Å². The van der Waals surface area contributed by atoms with Crippen LogP contribution < -0.4 is 11.1 Å². The highest BCUT2D eigenvalue weighted by molar-refractivity contribution is 5.96. The molecule has 3 rings (SSSR count). The molecule has 3 heteroatoms. The minimum absolute atomic E-state index is 0.0200. The van der Waals surface area contributed by atoms with Crippen molar-refractivity contribution in [3.63, 3.8) is 0 Å². The Kier molecular flexibility index (Phi) is 3.09. The summed E-state index contributed by atoms with van der Waals surface area (Å²) >= 11 is 0. The fraction of sp³-hybridized carbons (Fsp3) is 0.611. The van der Waals surface area contributed by atoms with Crippen molar-refractivity contribution in [2.45, 2.75) is 53.0 Å². The number of nitrogens with one attached hydrogen (secondary N) is 1. The van der Waals surface area contributed by atoms with Gasteiger partial charge in [0.25, 0.3) is 5.91 Å². The number of carbonyl (C=O) groups is 1. The van der Waals surface area contributed by atoms with Gasteiger partial charge in [-0.2, -0.15) is 0 Å². The highest BCUT2D eigenvalue weighted by atomic mass is 16.1. The summed E-state index contributed by atoms with van der Waals surface area (Å²) in [6, 6.07) is 5.79. The number of benzene rings is 1. The largest absolute Gasteiger partial charge is 0.399 e. The summed E-state index contributed by atoms with van der Waals surface area (Å²) in [6.45, 7) is 8.90. The number of hydrogen-bond acceptors (Lipinski definition) is 2. The van der Waals surface area contributed by atoms with E-state index in [2.05, 4.69) is 26.1 Å². The van der Waals surface area contributed by atoms with E-state index >= 15 is 0 Å². The number of aryl methyl sites for hydroxylation is 1. The van der Waals surface area contributed by atoms with Gasteiger partial charge in [-0.3, -0.25) is 4.79 Å². The number of nitrogens with two attached hydrogens (primary N) is 1. The maximum atomic E-state index is 12.7. The predicted octanol–water partition coefficient (Wildman–Crippen LogP) is 3.52. The number of rotatable bonds is 2. The highest BCUT2D eigenvalue weighted by Crippen LogP contribution is 2.62. The molecule has 114 valence electrons. The van der Waals surface area contributed by atoms with Crippen LogP contribution in [0.5, 0.6) is 0 Å². The zero-order chi connectivity index (χ0) is 15.4. The Labute approximate surface area is 127 Å². The van der Waals surface area contributed by atoms with E-state index in [-0.39, 0.29) is 22.8 Å². The zero-order valence-corrected chi connectivity index (χ0v) is 13.5. The third-order valence-electron chi connectivity index (χ3n) is 6.05. The van der Waals surface area contributed by atoms with E-state index in [4.69, 9.17) is 5.73 Å². The molecule has 2 bridgehead atoms. The van der Waals surface area contributed by atoms with Crippen LogP contribution in [0.2, 0.25) is 0 Å². The molecule has 3 atom stereocenters. The van der Waals surface area contributed by atoms with Crippen molar-refractivity contribution < 1.29 is 4.79 Å². The molecule has 2 fully saturated rings. The van der Waals surface area contributed by atoms with Gasteiger partial charge in [-0.25, -0.2) is 0 Å². The normalized spacial score (nSPS) is 33.1. The fourth-order valence-electron chi connectivity index (χ4n) is 4.76. The van der Waals surface area contributed by atoms with Crippen LogP contribution in [0.4, 0.5) is 5.69 Å². The number of fused-ring (bicyclic) bond motifs is 2. The minimum atomic E-state index is 0.0200. The van der Waals surface area contributed by atoms with E-state index in [1.807, 2.05) is 19.1 Å². The second-order valence-corrected chi connectivity index (χ2v) is 7.90. The molecule has 0 radical (unpaired) electrons. The molecular weight excluding hydrogens is 260 g/mol. The quantitative estimate of drug-likeness (QED) is 0.817. The Morgan fingerprint density at radius 2 is 2.05 bits per heavy atom. The molecule has 1 aromatic carbocycles. The van der Waals surface area contributed by atoms with Crippen LogP contribution in [0.1, 0.15) is 56.0 Å². The van der Waals surface area contributed by atoms with Gasteiger partial charge in [0.05, 0.1) is 0 Å². The molecule has 0 spiro atoms. The molecule has 0 saturated heterocycles. The van der Waals surface area contributed by atoms with Crippen LogP contribution >= 0.6 is 0 Å². The van der Waals surface area contributed by atoms with Crippen molar-refractivity contribution in [3.05, 3.63) is 29.3 Å². The van der Waals surface area contributed by atoms with E-state index in [0.29, 0.717) is 11.3 Å². The van der Waals surface area contributed by atoms with E-state index in [9.17, 15) is 4.79 Å². The van der Waals surface area contributed by atoms with Gasteiger partial charge in [0.15, 0.2) is 0 Å². The molecule has 3 nitrogen and oxygen atoms in total. The van der Waals surface area contributed by atoms with Gasteiger partial charge < -0.3 is 11.1 Å². The molecule has 3 unspecified atom stereocenters. The third kappa shape index (κ3) is 2.14. The van der Waals surface area contributed by atoms with Crippen molar-refractivity contribution in [2.75, 3.05) is 5.73 Å². The Balaban J connectivity index is 1.86. The molecule has 2 aliphatic rings. The SMILES string of the molecule is Cc1ccc(N)cc1C(=O)NC1C2(C)CCC(C2)C1(C)C. The molecule has 2 saturated carbocycles. The lowest BCUT2D eigenvalue weighted by molar-refractivity contribution is 0.0737. The summed E-state index contributed by atoms with van der Waals surface area (Å²) < 4.78 is 0. The Morgan fingerprint density at radius 1 is 1.33 bits per heavy atom. The standard InChI is InChI=1S/C18H26N2O/c1-11-5-6-13(19)9-14(11)15(21)20-16-17(2,3)12-7-8-18(16,4)10-12/h5-6,9,12,16H,7-8,10,19H2,1-4H3,(H,20,21). The summed E-state index contributed by atoms with van der Waals surface area (Å²) in [7, 11) is 0. The van der Waals surface area contributed by atoms with Gasteiger partial charge >= 0.3 is 0 Å². The van der Waals surface area contributed by atoms with Crippen molar-refractivity contribution in [2.24, 2.45) is 16.7 Å². The van der Waals surface area contributed by atoms with E-state index in [1.54, 1.807) is 6.07 Å². The smallest absolute Gasteiger partial charge is 0.251 e. The highest BCUT2D eigenvalue weighted by Gasteiger charge is 2.59. The summed E-state index contributed by atoms with van der Waals surface area (Å²) in [6.07, 6.45) is 3.76. The molecule has 21 heavy (non-hydrogen) atoms. The van der Waals surface area contributed by atoms with Crippen molar-refractivity contribution in [3.8, 4) is 0 Å². The molecule has 0 heterocycles. The van der Waals surface area contributed by atoms with Crippen LogP contribution in [0, 0.1) is 23.7 Å². The number of amides is 1. The first-order valence-corrected chi connectivity index (χ1v) is 7.91. The first-order chi connectivity index (χ1) is 9.74.